The third-order valence-electron chi connectivity index (χ3n) is 2.56. The molecule has 0 radical (unpaired) electrons. The van der Waals surface area contributed by atoms with Crippen LogP contribution in [0.25, 0.3) is 0 Å². The van der Waals surface area contributed by atoms with E-state index >= 15 is 0 Å². The highest BCUT2D eigenvalue weighted by Crippen LogP contribution is 2.26. The van der Waals surface area contributed by atoms with Gasteiger partial charge in [0.15, 0.2) is 0 Å². The summed E-state index contributed by atoms with van der Waals surface area (Å²) in [5.74, 6) is 1.48. The highest BCUT2D eigenvalue weighted by Gasteiger charge is 2.24. The Balaban J connectivity index is 1.85. The maximum Gasteiger partial charge on any atom is 0.146 e. The lowest BCUT2D eigenvalue weighted by Gasteiger charge is -2.06. The van der Waals surface area contributed by atoms with Crippen molar-refractivity contribution in [1.29, 1.82) is 0 Å². The molecule has 1 saturated heterocycles. The van der Waals surface area contributed by atoms with Crippen molar-refractivity contribution in [3.05, 3.63) is 35.9 Å². The van der Waals surface area contributed by atoms with Gasteiger partial charge in [-0.1, -0.05) is 30.3 Å². The SMILES string of the molecule is O=C1CCSC1CCc1ccccc1. The molecule has 0 aliphatic carbocycles. The van der Waals surface area contributed by atoms with Crippen LogP contribution in [-0.2, 0) is 11.2 Å². The van der Waals surface area contributed by atoms with Crippen LogP contribution in [0.5, 0.6) is 0 Å². The molecule has 1 aliphatic rings. The minimum Gasteiger partial charge on any atom is -0.298 e. The molecule has 1 fully saturated rings. The van der Waals surface area contributed by atoms with Crippen LogP contribution in [-0.4, -0.2) is 16.8 Å². The summed E-state index contributed by atoms with van der Waals surface area (Å²) in [6.45, 7) is 0. The summed E-state index contributed by atoms with van der Waals surface area (Å²) in [7, 11) is 0. The van der Waals surface area contributed by atoms with Gasteiger partial charge in [0.25, 0.3) is 0 Å². The Labute approximate surface area is 88.9 Å². The van der Waals surface area contributed by atoms with E-state index in [9.17, 15) is 4.79 Å². The average Bonchev–Trinajstić information content (AvgIpc) is 2.63. The number of aryl methyl sites for hydroxylation is 1. The molecular weight excluding hydrogens is 192 g/mol. The van der Waals surface area contributed by atoms with E-state index in [1.807, 2.05) is 17.8 Å². The molecule has 0 saturated carbocycles. The largest absolute Gasteiger partial charge is 0.298 e. The van der Waals surface area contributed by atoms with E-state index in [-0.39, 0.29) is 5.25 Å². The number of rotatable bonds is 3. The Morgan fingerprint density at radius 2 is 2.07 bits per heavy atom. The van der Waals surface area contributed by atoms with Gasteiger partial charge in [-0.2, -0.15) is 11.8 Å². The molecule has 0 aromatic heterocycles. The fourth-order valence-corrected chi connectivity index (χ4v) is 2.93. The summed E-state index contributed by atoms with van der Waals surface area (Å²) in [5.41, 5.74) is 1.34. The highest BCUT2D eigenvalue weighted by atomic mass is 32.2. The van der Waals surface area contributed by atoms with Crippen molar-refractivity contribution in [3.8, 4) is 0 Å². The summed E-state index contributed by atoms with van der Waals surface area (Å²) in [5, 5.41) is 0.273. The number of carbonyl (C=O) groups excluding carboxylic acids is 1. The number of ketones is 1. The molecule has 1 nitrogen and oxygen atoms in total. The van der Waals surface area contributed by atoms with Crippen LogP contribution in [0, 0.1) is 0 Å². The van der Waals surface area contributed by atoms with Crippen LogP contribution in [0.3, 0.4) is 0 Å². The zero-order chi connectivity index (χ0) is 9.80. The van der Waals surface area contributed by atoms with Gasteiger partial charge in [-0.05, 0) is 18.4 Å². The number of hydrogen-bond donors (Lipinski definition) is 0. The second-order valence-electron chi connectivity index (χ2n) is 3.60. The molecule has 2 heteroatoms. The minimum absolute atomic E-state index is 0.273. The Kier molecular flexibility index (Phi) is 3.25. The van der Waals surface area contributed by atoms with Gasteiger partial charge in [0.2, 0.25) is 0 Å². The average molecular weight is 206 g/mol. The van der Waals surface area contributed by atoms with E-state index in [0.717, 1.165) is 25.0 Å². The lowest BCUT2D eigenvalue weighted by atomic mass is 10.1. The zero-order valence-corrected chi connectivity index (χ0v) is 8.93. The first-order valence-corrected chi connectivity index (χ1v) is 6.09. The van der Waals surface area contributed by atoms with Crippen molar-refractivity contribution in [3.63, 3.8) is 0 Å². The molecule has 0 spiro atoms. The van der Waals surface area contributed by atoms with Crippen LogP contribution >= 0.6 is 11.8 Å². The third kappa shape index (κ3) is 2.38. The van der Waals surface area contributed by atoms with Crippen LogP contribution in [0.15, 0.2) is 30.3 Å². The maximum atomic E-state index is 11.4. The summed E-state index contributed by atoms with van der Waals surface area (Å²) in [6.07, 6.45) is 2.82. The molecule has 1 aliphatic heterocycles. The molecule has 1 atom stereocenters. The van der Waals surface area contributed by atoms with Gasteiger partial charge >= 0.3 is 0 Å². The summed E-state index contributed by atoms with van der Waals surface area (Å²) < 4.78 is 0. The van der Waals surface area contributed by atoms with Crippen molar-refractivity contribution in [1.82, 2.24) is 0 Å². The predicted octanol–water partition coefficient (Wildman–Crippen LogP) is 2.69. The molecule has 1 aromatic carbocycles. The molecule has 0 bridgehead atoms. The number of benzene rings is 1. The third-order valence-corrected chi connectivity index (χ3v) is 3.91. The molecule has 2 rings (SSSR count). The van der Waals surface area contributed by atoms with E-state index in [1.165, 1.54) is 5.56 Å². The molecule has 0 amide bonds. The number of hydrogen-bond acceptors (Lipinski definition) is 2. The molecule has 1 heterocycles. The van der Waals surface area contributed by atoms with Crippen LogP contribution < -0.4 is 0 Å². The summed E-state index contributed by atoms with van der Waals surface area (Å²) in [6, 6.07) is 10.4. The first-order valence-electron chi connectivity index (χ1n) is 5.04. The van der Waals surface area contributed by atoms with Crippen LogP contribution in [0.4, 0.5) is 0 Å². The number of thioether (sulfide) groups is 1. The van der Waals surface area contributed by atoms with E-state index in [4.69, 9.17) is 0 Å². The second kappa shape index (κ2) is 4.65. The first-order chi connectivity index (χ1) is 6.86. The maximum absolute atomic E-state index is 11.4. The van der Waals surface area contributed by atoms with Gasteiger partial charge in [0.1, 0.15) is 5.78 Å². The van der Waals surface area contributed by atoms with Gasteiger partial charge in [-0.15, -0.1) is 0 Å². The topological polar surface area (TPSA) is 17.1 Å². The van der Waals surface area contributed by atoms with Crippen LogP contribution in [0.2, 0.25) is 0 Å². The predicted molar refractivity (Wildman–Crippen MR) is 60.6 cm³/mol. The minimum atomic E-state index is 0.273. The fraction of sp³-hybridized carbons (Fsp3) is 0.417. The van der Waals surface area contributed by atoms with Crippen molar-refractivity contribution in [2.24, 2.45) is 0 Å². The molecule has 1 aromatic rings. The highest BCUT2D eigenvalue weighted by molar-refractivity contribution is 8.01. The van der Waals surface area contributed by atoms with Gasteiger partial charge in [0.05, 0.1) is 5.25 Å². The van der Waals surface area contributed by atoms with E-state index in [2.05, 4.69) is 24.3 Å². The Morgan fingerprint density at radius 1 is 1.29 bits per heavy atom. The Hall–Kier alpha value is -0.760. The normalized spacial score (nSPS) is 21.4. The van der Waals surface area contributed by atoms with Crippen LogP contribution in [0.1, 0.15) is 18.4 Å². The van der Waals surface area contributed by atoms with Crippen molar-refractivity contribution in [2.45, 2.75) is 24.5 Å². The number of Topliss-reactive ketones (excluding diaryl/α,β-unsaturated/α-hetero) is 1. The van der Waals surface area contributed by atoms with Crippen molar-refractivity contribution in [2.75, 3.05) is 5.75 Å². The lowest BCUT2D eigenvalue weighted by Crippen LogP contribution is -2.11. The van der Waals surface area contributed by atoms with E-state index in [0.29, 0.717) is 5.78 Å². The molecule has 74 valence electrons. The lowest BCUT2D eigenvalue weighted by molar-refractivity contribution is -0.117. The van der Waals surface area contributed by atoms with E-state index in [1.54, 1.807) is 0 Å². The first kappa shape index (κ1) is 9.78. The van der Waals surface area contributed by atoms with Gasteiger partial charge in [-0.25, -0.2) is 0 Å². The summed E-state index contributed by atoms with van der Waals surface area (Å²) in [4.78, 5) is 11.4. The molecule has 0 N–H and O–H groups in total. The Bertz CT molecular complexity index is 307. The molecule has 1 unspecified atom stereocenters. The second-order valence-corrected chi connectivity index (χ2v) is 4.91. The number of carbonyl (C=O) groups is 1. The molecular formula is C12H14OS. The zero-order valence-electron chi connectivity index (χ0n) is 8.11. The van der Waals surface area contributed by atoms with E-state index < -0.39 is 0 Å². The quantitative estimate of drug-likeness (QED) is 0.756. The smallest absolute Gasteiger partial charge is 0.146 e. The Morgan fingerprint density at radius 3 is 2.71 bits per heavy atom. The van der Waals surface area contributed by atoms with Gasteiger partial charge < -0.3 is 0 Å². The summed E-state index contributed by atoms with van der Waals surface area (Å²) >= 11 is 1.82. The molecule has 14 heavy (non-hydrogen) atoms. The monoisotopic (exact) mass is 206 g/mol. The standard InChI is InChI=1S/C12H14OS/c13-11-8-9-14-12(11)7-6-10-4-2-1-3-5-10/h1-5,12H,6-9H2. The fourth-order valence-electron chi connectivity index (χ4n) is 1.74. The van der Waals surface area contributed by atoms with Gasteiger partial charge in [-0.3, -0.25) is 4.79 Å². The van der Waals surface area contributed by atoms with Crippen molar-refractivity contribution >= 4 is 17.5 Å². The van der Waals surface area contributed by atoms with Crippen molar-refractivity contribution < 1.29 is 4.79 Å². The van der Waals surface area contributed by atoms with Gasteiger partial charge in [0, 0.05) is 12.2 Å².